The van der Waals surface area contributed by atoms with E-state index in [-0.39, 0.29) is 0 Å². The predicted octanol–water partition coefficient (Wildman–Crippen LogP) is 3.94. The first-order valence-corrected chi connectivity index (χ1v) is 7.19. The van der Waals surface area contributed by atoms with Gasteiger partial charge in [-0.25, -0.2) is 0 Å². The number of hydrogen-bond donors (Lipinski definition) is 1. The van der Waals surface area contributed by atoms with Gasteiger partial charge in [-0.1, -0.05) is 17.7 Å². The Morgan fingerprint density at radius 1 is 1.30 bits per heavy atom. The zero-order chi connectivity index (χ0) is 14.2. The molecule has 108 valence electrons. The van der Waals surface area contributed by atoms with Crippen molar-refractivity contribution in [3.63, 3.8) is 0 Å². The lowest BCUT2D eigenvalue weighted by Gasteiger charge is -2.08. The number of hydrogen-bond acceptors (Lipinski definition) is 3. The largest absolute Gasteiger partial charge is 0.467 e. The average molecular weight is 294 g/mol. The van der Waals surface area contributed by atoms with Gasteiger partial charge in [0.15, 0.2) is 0 Å². The molecule has 20 heavy (non-hydrogen) atoms. The Labute approximate surface area is 124 Å². The molecule has 1 N–H and O–H groups in total. The van der Waals surface area contributed by atoms with Crippen molar-refractivity contribution in [2.45, 2.75) is 26.5 Å². The molecule has 0 saturated carbocycles. The Bertz CT molecular complexity index is 511. The van der Waals surface area contributed by atoms with Crippen LogP contribution in [-0.2, 0) is 17.9 Å². The minimum atomic E-state index is 0.545. The topological polar surface area (TPSA) is 34.4 Å². The quantitative estimate of drug-likeness (QED) is 0.749. The summed E-state index contributed by atoms with van der Waals surface area (Å²) in [6.45, 7) is 5.15. The third kappa shape index (κ3) is 5.00. The van der Waals surface area contributed by atoms with Crippen LogP contribution >= 0.6 is 11.6 Å². The van der Waals surface area contributed by atoms with Crippen LogP contribution in [0.15, 0.2) is 41.0 Å². The van der Waals surface area contributed by atoms with Crippen LogP contribution in [0, 0.1) is 6.92 Å². The summed E-state index contributed by atoms with van der Waals surface area (Å²) in [6.07, 6.45) is 2.64. The van der Waals surface area contributed by atoms with Crippen LogP contribution in [0.1, 0.15) is 23.3 Å². The van der Waals surface area contributed by atoms with Gasteiger partial charge in [-0.3, -0.25) is 0 Å². The van der Waals surface area contributed by atoms with Crippen LogP contribution in [0.3, 0.4) is 0 Å². The number of aryl methyl sites for hydroxylation is 1. The molecule has 0 saturated heterocycles. The zero-order valence-corrected chi connectivity index (χ0v) is 12.5. The molecular formula is C16H20ClNO2. The molecule has 0 unspecified atom stereocenters. The normalized spacial score (nSPS) is 10.9. The van der Waals surface area contributed by atoms with Crippen molar-refractivity contribution in [3.05, 3.63) is 58.5 Å². The van der Waals surface area contributed by atoms with E-state index in [9.17, 15) is 0 Å². The minimum Gasteiger partial charge on any atom is -0.467 e. The number of benzene rings is 1. The average Bonchev–Trinajstić information content (AvgIpc) is 2.93. The van der Waals surface area contributed by atoms with Crippen molar-refractivity contribution >= 4 is 11.6 Å². The van der Waals surface area contributed by atoms with Crippen LogP contribution in [0.5, 0.6) is 0 Å². The molecule has 4 heteroatoms. The van der Waals surface area contributed by atoms with Gasteiger partial charge < -0.3 is 14.5 Å². The van der Waals surface area contributed by atoms with Crippen molar-refractivity contribution in [3.8, 4) is 0 Å². The summed E-state index contributed by atoms with van der Waals surface area (Å²) >= 11 is 5.93. The molecule has 3 nitrogen and oxygen atoms in total. The third-order valence-electron chi connectivity index (χ3n) is 3.09. The Morgan fingerprint density at radius 3 is 2.95 bits per heavy atom. The Kier molecular flexibility index (Phi) is 6.12. The standard InChI is InChI=1S/C16H20ClNO2/c1-13-10-15(17)6-5-14(13)11-18-7-3-8-19-12-16-4-2-9-20-16/h2,4-6,9-10,18H,3,7-8,11-12H2,1H3. The summed E-state index contributed by atoms with van der Waals surface area (Å²) in [5, 5.41) is 4.20. The Hall–Kier alpha value is -1.29. The number of nitrogens with one attached hydrogen (secondary N) is 1. The number of rotatable bonds is 8. The second-order valence-corrected chi connectivity index (χ2v) is 5.17. The first-order chi connectivity index (χ1) is 9.75. The molecule has 1 heterocycles. The van der Waals surface area contributed by atoms with Gasteiger partial charge in [0, 0.05) is 18.2 Å². The van der Waals surface area contributed by atoms with Crippen molar-refractivity contribution in [1.29, 1.82) is 0 Å². The fourth-order valence-electron chi connectivity index (χ4n) is 1.95. The van der Waals surface area contributed by atoms with E-state index in [1.54, 1.807) is 6.26 Å². The van der Waals surface area contributed by atoms with Crippen molar-refractivity contribution in [2.75, 3.05) is 13.2 Å². The maximum Gasteiger partial charge on any atom is 0.129 e. The van der Waals surface area contributed by atoms with E-state index < -0.39 is 0 Å². The van der Waals surface area contributed by atoms with Crippen LogP contribution in [0.4, 0.5) is 0 Å². The zero-order valence-electron chi connectivity index (χ0n) is 11.7. The highest BCUT2D eigenvalue weighted by atomic mass is 35.5. The lowest BCUT2D eigenvalue weighted by atomic mass is 10.1. The summed E-state index contributed by atoms with van der Waals surface area (Å²) in [4.78, 5) is 0. The van der Waals surface area contributed by atoms with E-state index in [1.807, 2.05) is 24.3 Å². The molecule has 2 aromatic rings. The molecular weight excluding hydrogens is 274 g/mol. The van der Waals surface area contributed by atoms with Gasteiger partial charge in [-0.2, -0.15) is 0 Å². The molecule has 0 radical (unpaired) electrons. The van der Waals surface area contributed by atoms with Gasteiger partial charge in [0.1, 0.15) is 12.4 Å². The molecule has 0 fully saturated rings. The molecule has 0 aliphatic carbocycles. The fourth-order valence-corrected chi connectivity index (χ4v) is 2.17. The molecule has 0 spiro atoms. The number of halogens is 1. The molecule has 1 aromatic carbocycles. The van der Waals surface area contributed by atoms with Gasteiger partial charge in [0.25, 0.3) is 0 Å². The van der Waals surface area contributed by atoms with E-state index in [2.05, 4.69) is 18.3 Å². The second-order valence-electron chi connectivity index (χ2n) is 4.73. The summed E-state index contributed by atoms with van der Waals surface area (Å²) in [5.41, 5.74) is 2.50. The van der Waals surface area contributed by atoms with Gasteiger partial charge >= 0.3 is 0 Å². The Morgan fingerprint density at radius 2 is 2.20 bits per heavy atom. The first kappa shape index (κ1) is 15.1. The van der Waals surface area contributed by atoms with Crippen molar-refractivity contribution in [1.82, 2.24) is 5.32 Å². The molecule has 0 atom stereocenters. The summed E-state index contributed by atoms with van der Waals surface area (Å²) in [6, 6.07) is 9.78. The SMILES string of the molecule is Cc1cc(Cl)ccc1CNCCCOCc1ccco1. The molecule has 1 aromatic heterocycles. The lowest BCUT2D eigenvalue weighted by molar-refractivity contribution is 0.104. The maximum absolute atomic E-state index is 5.93. The second kappa shape index (κ2) is 8.10. The smallest absolute Gasteiger partial charge is 0.129 e. The monoisotopic (exact) mass is 293 g/mol. The third-order valence-corrected chi connectivity index (χ3v) is 3.32. The van der Waals surface area contributed by atoms with Crippen molar-refractivity contribution < 1.29 is 9.15 Å². The van der Waals surface area contributed by atoms with Crippen LogP contribution in [0.25, 0.3) is 0 Å². The minimum absolute atomic E-state index is 0.545. The summed E-state index contributed by atoms with van der Waals surface area (Å²) in [5.74, 6) is 0.870. The molecule has 0 bridgehead atoms. The molecule has 0 amide bonds. The van der Waals surface area contributed by atoms with E-state index in [1.165, 1.54) is 11.1 Å². The van der Waals surface area contributed by atoms with E-state index in [0.717, 1.165) is 36.9 Å². The Balaban J connectivity index is 1.55. The molecule has 2 rings (SSSR count). The van der Waals surface area contributed by atoms with Crippen molar-refractivity contribution in [2.24, 2.45) is 0 Å². The van der Waals surface area contributed by atoms with Crippen LogP contribution in [-0.4, -0.2) is 13.2 Å². The van der Waals surface area contributed by atoms with Crippen LogP contribution < -0.4 is 5.32 Å². The fraction of sp³-hybridized carbons (Fsp3) is 0.375. The van der Waals surface area contributed by atoms with E-state index in [0.29, 0.717) is 6.61 Å². The number of furan rings is 1. The highest BCUT2D eigenvalue weighted by Crippen LogP contribution is 2.14. The highest BCUT2D eigenvalue weighted by molar-refractivity contribution is 6.30. The highest BCUT2D eigenvalue weighted by Gasteiger charge is 1.99. The first-order valence-electron chi connectivity index (χ1n) is 6.81. The van der Waals surface area contributed by atoms with Gasteiger partial charge in [0.2, 0.25) is 0 Å². The number of ether oxygens (including phenoxy) is 1. The summed E-state index contributed by atoms with van der Waals surface area (Å²) < 4.78 is 10.7. The van der Waals surface area contributed by atoms with E-state index in [4.69, 9.17) is 20.8 Å². The molecule has 0 aliphatic heterocycles. The summed E-state index contributed by atoms with van der Waals surface area (Å²) in [7, 11) is 0. The van der Waals surface area contributed by atoms with E-state index >= 15 is 0 Å². The van der Waals surface area contributed by atoms with Crippen LogP contribution in [0.2, 0.25) is 5.02 Å². The van der Waals surface area contributed by atoms with Gasteiger partial charge in [0.05, 0.1) is 6.26 Å². The predicted molar refractivity (Wildman–Crippen MR) is 80.9 cm³/mol. The van der Waals surface area contributed by atoms with Gasteiger partial charge in [-0.15, -0.1) is 0 Å². The lowest BCUT2D eigenvalue weighted by Crippen LogP contribution is -2.17. The van der Waals surface area contributed by atoms with Gasteiger partial charge in [-0.05, 0) is 55.3 Å². The maximum atomic E-state index is 5.93. The molecule has 0 aliphatic rings.